The lowest BCUT2D eigenvalue weighted by Crippen LogP contribution is -2.47. The third kappa shape index (κ3) is 4.78. The van der Waals surface area contributed by atoms with E-state index in [1.54, 1.807) is 25.3 Å². The first-order valence-electron chi connectivity index (χ1n) is 9.69. The highest BCUT2D eigenvalue weighted by Crippen LogP contribution is 2.29. The Kier molecular flexibility index (Phi) is 6.34. The molecule has 0 spiro atoms. The van der Waals surface area contributed by atoms with Gasteiger partial charge in [0.25, 0.3) is 5.91 Å². The number of anilines is 1. The van der Waals surface area contributed by atoms with Crippen LogP contribution in [0.25, 0.3) is 0 Å². The summed E-state index contributed by atoms with van der Waals surface area (Å²) >= 11 is 0. The molecule has 3 N–H and O–H groups in total. The van der Waals surface area contributed by atoms with E-state index in [0.29, 0.717) is 36.5 Å². The summed E-state index contributed by atoms with van der Waals surface area (Å²) in [6.07, 6.45) is 3.46. The Bertz CT molecular complexity index is 686. The highest BCUT2D eigenvalue weighted by atomic mass is 16.5. The first-order chi connectivity index (χ1) is 13.0. The van der Waals surface area contributed by atoms with Crippen LogP contribution in [0.2, 0.25) is 0 Å². The van der Waals surface area contributed by atoms with Crippen LogP contribution in [0, 0.1) is 5.92 Å². The third-order valence-corrected chi connectivity index (χ3v) is 5.68. The van der Waals surface area contributed by atoms with Crippen molar-refractivity contribution in [3.05, 3.63) is 23.8 Å². The van der Waals surface area contributed by atoms with Crippen LogP contribution in [0.3, 0.4) is 0 Å². The Hall–Kier alpha value is -2.12. The van der Waals surface area contributed by atoms with Crippen LogP contribution in [0.1, 0.15) is 36.0 Å². The Morgan fingerprint density at radius 1 is 1.22 bits per heavy atom. The van der Waals surface area contributed by atoms with Crippen molar-refractivity contribution in [2.45, 2.75) is 31.7 Å². The van der Waals surface area contributed by atoms with Crippen LogP contribution < -0.4 is 15.8 Å². The van der Waals surface area contributed by atoms with Gasteiger partial charge in [0.05, 0.1) is 12.8 Å². The summed E-state index contributed by atoms with van der Waals surface area (Å²) in [4.78, 5) is 29.3. The molecule has 1 saturated heterocycles. The Morgan fingerprint density at radius 3 is 2.59 bits per heavy atom. The predicted molar refractivity (Wildman–Crippen MR) is 105 cm³/mol. The number of piperazine rings is 1. The molecule has 1 aromatic rings. The standard InChI is InChI=1S/C20H30N4O3/c1-23-8-10-24(11-9-23)20(26)15-6-7-18(27-2)17(12-15)22-19(25)13-14-4-3-5-16(14)21/h6-7,12,14,16H,3-5,8-11,13,21H2,1-2H3,(H,22,25)/t14-,16+/m0/s1. The van der Waals surface area contributed by atoms with Crippen LogP contribution in [0.15, 0.2) is 18.2 Å². The van der Waals surface area contributed by atoms with E-state index in [-0.39, 0.29) is 23.8 Å². The number of nitrogens with zero attached hydrogens (tertiary/aromatic N) is 2. The molecule has 2 fully saturated rings. The summed E-state index contributed by atoms with van der Waals surface area (Å²) in [5, 5.41) is 2.92. The number of carbonyl (C=O) groups excluding carboxylic acids is 2. The average molecular weight is 374 g/mol. The van der Waals surface area contributed by atoms with E-state index >= 15 is 0 Å². The summed E-state index contributed by atoms with van der Waals surface area (Å²) in [6.45, 7) is 3.16. The zero-order valence-electron chi connectivity index (χ0n) is 16.2. The summed E-state index contributed by atoms with van der Waals surface area (Å²) in [5.41, 5.74) is 7.17. The van der Waals surface area contributed by atoms with E-state index in [0.717, 1.165) is 32.4 Å². The van der Waals surface area contributed by atoms with Gasteiger partial charge in [-0.3, -0.25) is 9.59 Å². The average Bonchev–Trinajstić information content (AvgIpc) is 3.06. The van der Waals surface area contributed by atoms with Gasteiger partial charge in [0, 0.05) is 44.2 Å². The van der Waals surface area contributed by atoms with E-state index in [9.17, 15) is 9.59 Å². The van der Waals surface area contributed by atoms with Crippen LogP contribution in [0.4, 0.5) is 5.69 Å². The molecule has 0 bridgehead atoms. The molecule has 0 radical (unpaired) electrons. The summed E-state index contributed by atoms with van der Waals surface area (Å²) in [5.74, 6) is 0.680. The van der Waals surface area contributed by atoms with Crippen molar-refractivity contribution >= 4 is 17.5 Å². The lowest BCUT2D eigenvalue weighted by Gasteiger charge is -2.32. The number of likely N-dealkylation sites (N-methyl/N-ethyl adjacent to an activating group) is 1. The maximum atomic E-state index is 12.8. The van der Waals surface area contributed by atoms with E-state index in [1.165, 1.54) is 0 Å². The number of ether oxygens (including phenoxy) is 1. The zero-order valence-corrected chi connectivity index (χ0v) is 16.2. The van der Waals surface area contributed by atoms with Gasteiger partial charge in [-0.05, 0) is 44.0 Å². The highest BCUT2D eigenvalue weighted by Gasteiger charge is 2.27. The van der Waals surface area contributed by atoms with Gasteiger partial charge in [-0.15, -0.1) is 0 Å². The van der Waals surface area contributed by atoms with Crippen molar-refractivity contribution in [2.75, 3.05) is 45.7 Å². The number of amides is 2. The lowest BCUT2D eigenvalue weighted by molar-refractivity contribution is -0.117. The molecule has 2 aliphatic rings. The number of hydrogen-bond donors (Lipinski definition) is 2. The normalized spacial score (nSPS) is 23.3. The number of rotatable bonds is 5. The molecule has 3 rings (SSSR count). The quantitative estimate of drug-likeness (QED) is 0.816. The minimum absolute atomic E-state index is 0.0148. The minimum Gasteiger partial charge on any atom is -0.495 e. The number of methoxy groups -OCH3 is 1. The molecule has 2 atom stereocenters. The molecule has 1 aromatic carbocycles. The molecule has 0 aromatic heterocycles. The van der Waals surface area contributed by atoms with Crippen LogP contribution in [-0.2, 0) is 4.79 Å². The Balaban J connectivity index is 1.69. The maximum absolute atomic E-state index is 12.8. The van der Waals surface area contributed by atoms with Gasteiger partial charge < -0.3 is 25.6 Å². The largest absolute Gasteiger partial charge is 0.495 e. The van der Waals surface area contributed by atoms with Crippen molar-refractivity contribution in [3.8, 4) is 5.75 Å². The highest BCUT2D eigenvalue weighted by molar-refractivity contribution is 5.98. The van der Waals surface area contributed by atoms with Crippen LogP contribution in [0.5, 0.6) is 5.75 Å². The van der Waals surface area contributed by atoms with E-state index < -0.39 is 0 Å². The topological polar surface area (TPSA) is 87.9 Å². The van der Waals surface area contributed by atoms with Crippen LogP contribution in [-0.4, -0.2) is 68.0 Å². The molecule has 7 heteroatoms. The number of nitrogens with one attached hydrogen (secondary N) is 1. The Morgan fingerprint density at radius 2 is 1.96 bits per heavy atom. The number of carbonyl (C=O) groups is 2. The molecule has 148 valence electrons. The van der Waals surface area contributed by atoms with Gasteiger partial charge in [0.2, 0.25) is 5.91 Å². The zero-order chi connectivity index (χ0) is 19.4. The van der Waals surface area contributed by atoms with Gasteiger partial charge in [-0.1, -0.05) is 6.42 Å². The molecule has 27 heavy (non-hydrogen) atoms. The summed E-state index contributed by atoms with van der Waals surface area (Å²) in [6, 6.07) is 5.30. The molecule has 1 heterocycles. The second-order valence-corrected chi connectivity index (χ2v) is 7.62. The van der Waals surface area contributed by atoms with Crippen molar-refractivity contribution in [1.82, 2.24) is 9.80 Å². The first kappa shape index (κ1) is 19.6. The molecular formula is C20H30N4O3. The fraction of sp³-hybridized carbons (Fsp3) is 0.600. The number of nitrogens with two attached hydrogens (primary N) is 1. The number of hydrogen-bond acceptors (Lipinski definition) is 5. The lowest BCUT2D eigenvalue weighted by atomic mass is 10.00. The Labute approximate surface area is 160 Å². The SMILES string of the molecule is COc1ccc(C(=O)N2CCN(C)CC2)cc1NC(=O)C[C@@H]1CCC[C@H]1N. The first-order valence-corrected chi connectivity index (χ1v) is 9.69. The third-order valence-electron chi connectivity index (χ3n) is 5.68. The van der Waals surface area contributed by atoms with E-state index in [1.807, 2.05) is 4.90 Å². The van der Waals surface area contributed by atoms with Crippen molar-refractivity contribution in [1.29, 1.82) is 0 Å². The van der Waals surface area contributed by atoms with Gasteiger partial charge in [-0.25, -0.2) is 0 Å². The van der Waals surface area contributed by atoms with Gasteiger partial charge >= 0.3 is 0 Å². The van der Waals surface area contributed by atoms with E-state index in [2.05, 4.69) is 17.3 Å². The van der Waals surface area contributed by atoms with Crippen LogP contribution >= 0.6 is 0 Å². The second kappa shape index (κ2) is 8.71. The van der Waals surface area contributed by atoms with Gasteiger partial charge in [0.1, 0.15) is 5.75 Å². The summed E-state index contributed by atoms with van der Waals surface area (Å²) < 4.78 is 5.36. The van der Waals surface area contributed by atoms with E-state index in [4.69, 9.17) is 10.5 Å². The van der Waals surface area contributed by atoms with Gasteiger partial charge in [-0.2, -0.15) is 0 Å². The predicted octanol–water partition coefficient (Wildman–Crippen LogP) is 1.54. The monoisotopic (exact) mass is 374 g/mol. The molecule has 7 nitrogen and oxygen atoms in total. The molecule has 1 saturated carbocycles. The number of benzene rings is 1. The molecule has 1 aliphatic carbocycles. The minimum atomic E-state index is -0.0835. The molecule has 1 aliphatic heterocycles. The molecular weight excluding hydrogens is 344 g/mol. The maximum Gasteiger partial charge on any atom is 0.254 e. The fourth-order valence-electron chi connectivity index (χ4n) is 3.89. The van der Waals surface area contributed by atoms with Crippen molar-refractivity contribution in [3.63, 3.8) is 0 Å². The smallest absolute Gasteiger partial charge is 0.254 e. The van der Waals surface area contributed by atoms with Crippen molar-refractivity contribution in [2.24, 2.45) is 11.7 Å². The molecule has 2 amide bonds. The second-order valence-electron chi connectivity index (χ2n) is 7.62. The van der Waals surface area contributed by atoms with Crippen molar-refractivity contribution < 1.29 is 14.3 Å². The molecule has 0 unspecified atom stereocenters. The van der Waals surface area contributed by atoms with Gasteiger partial charge in [0.15, 0.2) is 0 Å². The summed E-state index contributed by atoms with van der Waals surface area (Å²) in [7, 11) is 3.61. The fourth-order valence-corrected chi connectivity index (χ4v) is 3.89.